The molecule has 10 unspecified atom stereocenters. The Bertz CT molecular complexity index is 3690. The number of hydrogen-bond acceptors (Lipinski definition) is 39. The second-order valence-corrected chi connectivity index (χ2v) is 27.9. The minimum atomic E-state index is -2.26. The normalized spacial score (nSPS) is 26.9. The van der Waals surface area contributed by atoms with Gasteiger partial charge in [0, 0.05) is 35.8 Å². The van der Waals surface area contributed by atoms with E-state index in [4.69, 9.17) is 73.3 Å². The number of aromatic nitrogens is 6. The highest BCUT2D eigenvalue weighted by Crippen LogP contribution is 2.36. The van der Waals surface area contributed by atoms with Gasteiger partial charge in [0.15, 0.2) is 37.3 Å². The van der Waals surface area contributed by atoms with Gasteiger partial charge in [-0.25, -0.2) is 29.7 Å². The summed E-state index contributed by atoms with van der Waals surface area (Å²) < 4.78 is 40.4. The van der Waals surface area contributed by atoms with E-state index in [1.165, 1.54) is 24.6 Å². The number of amides is 8. The van der Waals surface area contributed by atoms with Crippen molar-refractivity contribution in [3.8, 4) is 10.7 Å². The fraction of sp³-hybridized carbons (Fsp3) is 0.661. The van der Waals surface area contributed by atoms with Crippen molar-refractivity contribution >= 4 is 75.9 Å². The third-order valence-corrected chi connectivity index (χ3v) is 19.6. The Hall–Kier alpha value is -7.97. The van der Waals surface area contributed by atoms with E-state index in [0.29, 0.717) is 26.1 Å². The molecule has 0 saturated carbocycles. The van der Waals surface area contributed by atoms with E-state index in [9.17, 15) is 84.9 Å². The predicted molar refractivity (Wildman–Crippen MR) is 377 cm³/mol. The van der Waals surface area contributed by atoms with Gasteiger partial charge in [-0.15, -0.1) is 22.7 Å². The number of aliphatic hydroxyl groups excluding tert-OH is 11. The number of carbonyl (C=O) groups is 8. The van der Waals surface area contributed by atoms with Gasteiger partial charge < -0.3 is 172 Å². The maximum absolute atomic E-state index is 15.3. The van der Waals surface area contributed by atoms with Crippen LogP contribution >= 0.6 is 22.7 Å². The molecule has 614 valence electrons. The molecular formula is C62H98N20O26S2. The molecule has 3 aliphatic rings. The molecule has 25 atom stereocenters. The summed E-state index contributed by atoms with van der Waals surface area (Å²) in [5.74, 6) is -8.29. The van der Waals surface area contributed by atoms with Crippen LogP contribution in [-0.2, 0) is 57.1 Å². The van der Waals surface area contributed by atoms with Gasteiger partial charge >= 0.3 is 6.09 Å². The Morgan fingerprint density at radius 1 is 0.718 bits per heavy atom. The SMILES string of the molecule is Cc1c(N)nc(C(CC(N)=O)NCC(N)C(N)=O)nc1C(=O)NC(C(=O)NC(C)C(O)CC(=O)NC(C(=O)NC(O[C@@H]1O[C@@H](C)[C@@H](N)[C@@H](O)[C@H]1O)C(O)c1nc(-c2nc(C(=O)NCCCNCCCCN)cs2)cs1)C(C)O)C(O[C@@H]1O[C@@H](CO)[C@@H](O)[C@H](O)[C@@H]1O[C@H]1O[C@H](CO)[C@@H](O)[C@H](OC(N)=O)[C@@H]1O)c1cnc[nH]1. The number of aliphatic hydroxyl groups is 11. The number of carbonyl (C=O) groups excluding carboxylic acids is 8. The molecule has 7 heterocycles. The molecule has 0 bridgehead atoms. The van der Waals surface area contributed by atoms with Gasteiger partial charge in [-0.1, -0.05) is 0 Å². The Balaban J connectivity index is 1.16. The highest BCUT2D eigenvalue weighted by atomic mass is 32.1. The highest BCUT2D eigenvalue weighted by Gasteiger charge is 2.54. The fourth-order valence-electron chi connectivity index (χ4n) is 11.4. The number of thiazole rings is 2. The van der Waals surface area contributed by atoms with Crippen LogP contribution in [-0.4, -0.2) is 314 Å². The maximum atomic E-state index is 15.3. The molecule has 3 saturated heterocycles. The average molecular weight is 1600 g/mol. The van der Waals surface area contributed by atoms with Crippen LogP contribution in [0, 0.1) is 6.92 Å². The van der Waals surface area contributed by atoms with Crippen LogP contribution in [0.4, 0.5) is 10.6 Å². The van der Waals surface area contributed by atoms with E-state index in [0.717, 1.165) is 68.4 Å². The monoisotopic (exact) mass is 1600 g/mol. The predicted octanol–water partition coefficient (Wildman–Crippen LogP) is -10.9. The molecule has 3 fully saturated rings. The smallest absolute Gasteiger partial charge is 0.404 e. The number of imidazole rings is 1. The summed E-state index contributed by atoms with van der Waals surface area (Å²) in [6.45, 7) is 4.85. The minimum absolute atomic E-state index is 0.0775. The van der Waals surface area contributed by atoms with Crippen LogP contribution in [0.15, 0.2) is 23.3 Å². The van der Waals surface area contributed by atoms with Crippen molar-refractivity contribution in [2.24, 2.45) is 34.4 Å². The first-order valence-corrected chi connectivity index (χ1v) is 36.3. The zero-order valence-corrected chi connectivity index (χ0v) is 61.5. The minimum Gasteiger partial charge on any atom is -0.441 e. The summed E-state index contributed by atoms with van der Waals surface area (Å²) in [6.07, 6.45) is -35.3. The zero-order chi connectivity index (χ0) is 81.1. The van der Waals surface area contributed by atoms with Crippen molar-refractivity contribution < 1.29 is 128 Å². The van der Waals surface area contributed by atoms with Gasteiger partial charge in [-0.2, -0.15) is 0 Å². The number of rotatable bonds is 41. The van der Waals surface area contributed by atoms with Crippen molar-refractivity contribution in [3.63, 3.8) is 0 Å². The first-order valence-electron chi connectivity index (χ1n) is 34.6. The summed E-state index contributed by atoms with van der Waals surface area (Å²) in [6, 6.07) is -9.66. The van der Waals surface area contributed by atoms with E-state index >= 15 is 9.59 Å². The Morgan fingerprint density at radius 3 is 2.05 bits per heavy atom. The van der Waals surface area contributed by atoms with Crippen LogP contribution in [0.25, 0.3) is 10.7 Å². The molecule has 7 rings (SSSR count). The number of H-pyrrole nitrogens is 1. The zero-order valence-electron chi connectivity index (χ0n) is 59.9. The number of nitrogens with one attached hydrogen (secondary N) is 8. The standard InChI is InChI=1S/C62H98N20O26S2/c1-21-36(79-51(81-49(21)67)26(12-33(65)87)73-14-25(64)50(68)96)53(98)80-38(46(27-15-71-20-74-27)105-61-48(42(92)39(89)31(16-83)104-61)106-60-44(94)47(107-62(69)101)40(90)32(17-84)103-60)55(100)75-22(2)30(86)13-34(88)78-37(23(3)85)54(99)82-56(108-59-43(93)41(91)35(66)24(4)102-59)45(95)58-77-29(19-110-58)57-76-28(18-109-57)52(97)72-11-7-10-70-9-6-5-8-63/h15,18-20,22-26,30-32,35,37-48,56,59-61,70,73,83-86,89-95H,5-14,16-17,63-64,66H2,1-4H3,(H2,65,87)(H2,68,96)(H2,69,101)(H,71,74)(H,72,97)(H,75,100)(H,78,88)(H,80,98)(H,82,99)(H2,67,79,81)/t22?,23?,24-,25?,26?,30?,31-,32+,35+,37?,38?,39+,40+,41+,42-,43+,44-,45?,46?,47-,48-,56?,59-,60+,61-/m0/s1. The first-order chi connectivity index (χ1) is 52.1. The van der Waals surface area contributed by atoms with Crippen molar-refractivity contribution in [1.29, 1.82) is 0 Å². The number of ether oxygens (including phenoxy) is 7. The third kappa shape index (κ3) is 23.6. The largest absolute Gasteiger partial charge is 0.441 e. The quantitative estimate of drug-likeness (QED) is 0.0145. The lowest BCUT2D eigenvalue weighted by molar-refractivity contribution is -0.372. The molecule has 110 heavy (non-hydrogen) atoms. The van der Waals surface area contributed by atoms with Crippen LogP contribution in [0.2, 0.25) is 0 Å². The molecule has 8 amide bonds. The molecule has 0 radical (unpaired) electrons. The lowest BCUT2D eigenvalue weighted by atomic mass is 9.97. The lowest BCUT2D eigenvalue weighted by Crippen LogP contribution is -2.65. The van der Waals surface area contributed by atoms with Gasteiger partial charge in [0.1, 0.15) is 112 Å². The van der Waals surface area contributed by atoms with Crippen LogP contribution in [0.3, 0.4) is 0 Å². The molecule has 3 aliphatic heterocycles. The molecule has 48 heteroatoms. The average Bonchev–Trinajstić information content (AvgIpc) is 0.812. The number of aromatic amines is 1. The van der Waals surface area contributed by atoms with Gasteiger partial charge in [-0.3, -0.25) is 33.6 Å². The second kappa shape index (κ2) is 41.5. The van der Waals surface area contributed by atoms with Crippen molar-refractivity contribution in [2.75, 3.05) is 51.7 Å². The van der Waals surface area contributed by atoms with E-state index in [2.05, 4.69) is 67.1 Å². The summed E-state index contributed by atoms with van der Waals surface area (Å²) in [4.78, 5) is 132. The van der Waals surface area contributed by atoms with E-state index in [1.54, 1.807) is 0 Å². The fourth-order valence-corrected chi connectivity index (χ4v) is 13.0. The first kappa shape index (κ1) is 89.2. The Labute approximate surface area is 634 Å². The van der Waals surface area contributed by atoms with E-state index < -0.39 is 250 Å². The Kier molecular flexibility index (Phi) is 33.7. The Morgan fingerprint density at radius 2 is 1.40 bits per heavy atom. The van der Waals surface area contributed by atoms with Gasteiger partial charge in [0.05, 0.1) is 80.3 Å². The molecule has 0 aliphatic carbocycles. The van der Waals surface area contributed by atoms with Gasteiger partial charge in [-0.05, 0) is 66.6 Å². The molecule has 0 aromatic carbocycles. The molecule has 4 aromatic rings. The third-order valence-electron chi connectivity index (χ3n) is 17.8. The molecule has 0 spiro atoms. The topological polar surface area (TPSA) is 770 Å². The lowest BCUT2D eigenvalue weighted by Gasteiger charge is -2.47. The van der Waals surface area contributed by atoms with Gasteiger partial charge in [0.25, 0.3) is 11.8 Å². The number of nitrogens with zero attached hydrogens (tertiary/aromatic N) is 5. The number of hydrogen-bond donors (Lipinski definition) is 26. The summed E-state index contributed by atoms with van der Waals surface area (Å²) in [5.41, 5.74) is 39.0. The van der Waals surface area contributed by atoms with Crippen molar-refractivity contribution in [2.45, 2.75) is 213 Å². The van der Waals surface area contributed by atoms with E-state index in [-0.39, 0.29) is 32.7 Å². The van der Waals surface area contributed by atoms with Gasteiger partial charge in [0.2, 0.25) is 29.5 Å². The van der Waals surface area contributed by atoms with Crippen molar-refractivity contribution in [1.82, 2.24) is 67.1 Å². The molecule has 4 aromatic heterocycles. The number of anilines is 1. The maximum Gasteiger partial charge on any atom is 0.404 e. The number of unbranched alkanes of at least 4 members (excludes halogenated alkanes) is 1. The number of nitrogen functional groups attached to an aromatic ring is 1. The molecule has 46 nitrogen and oxygen atoms in total. The molecule has 33 N–H and O–H groups in total. The second-order valence-electron chi connectivity index (χ2n) is 26.1. The summed E-state index contributed by atoms with van der Waals surface area (Å²) in [5, 5.41) is 144. The van der Waals surface area contributed by atoms with Crippen LogP contribution < -0.4 is 77.4 Å². The van der Waals surface area contributed by atoms with Crippen LogP contribution in [0.5, 0.6) is 0 Å². The number of primary amides is 3. The summed E-state index contributed by atoms with van der Waals surface area (Å²) >= 11 is 1.90. The van der Waals surface area contributed by atoms with E-state index in [1.807, 2.05) is 0 Å². The number of nitrogens with two attached hydrogens (primary N) is 7. The van der Waals surface area contributed by atoms with Crippen LogP contribution in [0.1, 0.15) is 114 Å². The summed E-state index contributed by atoms with van der Waals surface area (Å²) in [7, 11) is 0. The highest BCUT2D eigenvalue weighted by molar-refractivity contribution is 7.14. The van der Waals surface area contributed by atoms with Crippen molar-refractivity contribution in [3.05, 3.63) is 56.8 Å². The molecular weight excluding hydrogens is 1500 g/mol.